The highest BCUT2D eigenvalue weighted by Gasteiger charge is 2.23. The van der Waals surface area contributed by atoms with Crippen LogP contribution in [0.1, 0.15) is 19.4 Å². The monoisotopic (exact) mass is 320 g/mol. The van der Waals surface area contributed by atoms with Gasteiger partial charge in [-0.2, -0.15) is 0 Å². The lowest BCUT2D eigenvalue weighted by Crippen LogP contribution is -2.13. The van der Waals surface area contributed by atoms with Crippen LogP contribution in [-0.2, 0) is 6.42 Å². The Kier molecular flexibility index (Phi) is 4.96. The number of rotatable bonds is 1. The van der Waals surface area contributed by atoms with E-state index >= 15 is 0 Å². The van der Waals surface area contributed by atoms with Gasteiger partial charge in [-0.25, -0.2) is 0 Å². The van der Waals surface area contributed by atoms with Crippen LogP contribution in [0.15, 0.2) is 22.7 Å². The standard InChI is InChI=1S/C9H8Br2O.C2H6/c10-5-7-4-6-2-1-3-8(11)9(6)12-7;1-2/h1-3,7H,4-5H2;1-2H3/t7-;/m1./s1. The fourth-order valence-electron chi connectivity index (χ4n) is 1.39. The fourth-order valence-corrected chi connectivity index (χ4v) is 2.25. The summed E-state index contributed by atoms with van der Waals surface area (Å²) in [5, 5.41) is 0.897. The number of ether oxygens (including phenoxy) is 1. The number of halogens is 2. The van der Waals surface area contributed by atoms with Gasteiger partial charge in [-0.05, 0) is 27.6 Å². The second-order valence-corrected chi connectivity index (χ2v) is 4.33. The van der Waals surface area contributed by atoms with Crippen molar-refractivity contribution in [3.05, 3.63) is 28.2 Å². The number of fused-ring (bicyclic) bond motifs is 1. The van der Waals surface area contributed by atoms with Gasteiger partial charge in [0.25, 0.3) is 0 Å². The predicted molar refractivity (Wildman–Crippen MR) is 67.4 cm³/mol. The first-order valence-corrected chi connectivity index (χ1v) is 6.72. The largest absolute Gasteiger partial charge is 0.488 e. The molecule has 78 valence electrons. The topological polar surface area (TPSA) is 9.23 Å². The second kappa shape index (κ2) is 5.76. The van der Waals surface area contributed by atoms with Gasteiger partial charge < -0.3 is 4.74 Å². The van der Waals surface area contributed by atoms with Crippen LogP contribution in [-0.4, -0.2) is 11.4 Å². The van der Waals surface area contributed by atoms with Gasteiger partial charge in [-0.3, -0.25) is 0 Å². The summed E-state index contributed by atoms with van der Waals surface area (Å²) in [6, 6.07) is 6.17. The van der Waals surface area contributed by atoms with Crippen LogP contribution >= 0.6 is 31.9 Å². The molecule has 1 aromatic carbocycles. The lowest BCUT2D eigenvalue weighted by Gasteiger charge is -2.06. The smallest absolute Gasteiger partial charge is 0.137 e. The summed E-state index contributed by atoms with van der Waals surface area (Å²) in [6.45, 7) is 4.00. The molecule has 0 bridgehead atoms. The molecule has 0 saturated carbocycles. The molecule has 0 unspecified atom stereocenters. The third-order valence-corrected chi connectivity index (χ3v) is 3.30. The van der Waals surface area contributed by atoms with E-state index < -0.39 is 0 Å². The van der Waals surface area contributed by atoms with Gasteiger partial charge in [0.2, 0.25) is 0 Å². The average molecular weight is 322 g/mol. The highest BCUT2D eigenvalue weighted by Crippen LogP contribution is 2.36. The minimum absolute atomic E-state index is 0.304. The summed E-state index contributed by atoms with van der Waals surface area (Å²) >= 11 is 6.88. The zero-order valence-electron chi connectivity index (χ0n) is 8.39. The van der Waals surface area contributed by atoms with Crippen molar-refractivity contribution in [1.29, 1.82) is 0 Å². The zero-order valence-corrected chi connectivity index (χ0v) is 11.6. The highest BCUT2D eigenvalue weighted by atomic mass is 79.9. The first kappa shape index (κ1) is 12.1. The summed E-state index contributed by atoms with van der Waals surface area (Å²) in [5.74, 6) is 1.02. The Morgan fingerprint density at radius 2 is 2.14 bits per heavy atom. The number of benzene rings is 1. The number of hydrogen-bond acceptors (Lipinski definition) is 1. The van der Waals surface area contributed by atoms with E-state index in [1.165, 1.54) is 5.56 Å². The molecule has 1 heterocycles. The van der Waals surface area contributed by atoms with E-state index in [0.717, 1.165) is 22.0 Å². The van der Waals surface area contributed by atoms with Gasteiger partial charge in [-0.15, -0.1) is 0 Å². The van der Waals surface area contributed by atoms with Gasteiger partial charge in [0.15, 0.2) is 0 Å². The van der Waals surface area contributed by atoms with Gasteiger partial charge in [0, 0.05) is 11.8 Å². The van der Waals surface area contributed by atoms with Crippen molar-refractivity contribution in [2.45, 2.75) is 26.4 Å². The molecule has 1 aliphatic heterocycles. The van der Waals surface area contributed by atoms with Crippen molar-refractivity contribution in [3.63, 3.8) is 0 Å². The molecule has 0 amide bonds. The van der Waals surface area contributed by atoms with Gasteiger partial charge in [0.05, 0.1) is 4.47 Å². The van der Waals surface area contributed by atoms with Crippen molar-refractivity contribution in [3.8, 4) is 5.75 Å². The van der Waals surface area contributed by atoms with Crippen LogP contribution in [0.3, 0.4) is 0 Å². The molecule has 0 N–H and O–H groups in total. The molecule has 0 saturated heterocycles. The van der Waals surface area contributed by atoms with Crippen molar-refractivity contribution >= 4 is 31.9 Å². The second-order valence-electron chi connectivity index (χ2n) is 2.83. The molecule has 0 aromatic heterocycles. The maximum Gasteiger partial charge on any atom is 0.137 e. The molecule has 0 fully saturated rings. The first-order chi connectivity index (χ1) is 6.81. The molecular formula is C11H14Br2O. The summed E-state index contributed by atoms with van der Waals surface area (Å²) in [7, 11) is 0. The summed E-state index contributed by atoms with van der Waals surface area (Å²) in [6.07, 6.45) is 1.32. The minimum atomic E-state index is 0.304. The van der Waals surface area contributed by atoms with Crippen molar-refractivity contribution in [2.24, 2.45) is 0 Å². The van der Waals surface area contributed by atoms with Gasteiger partial charge in [-0.1, -0.05) is 41.9 Å². The van der Waals surface area contributed by atoms with Crippen LogP contribution in [0.25, 0.3) is 0 Å². The van der Waals surface area contributed by atoms with Gasteiger partial charge in [0.1, 0.15) is 11.9 Å². The Morgan fingerprint density at radius 1 is 1.43 bits per heavy atom. The quantitative estimate of drug-likeness (QED) is 0.705. The Morgan fingerprint density at radius 3 is 2.71 bits per heavy atom. The lowest BCUT2D eigenvalue weighted by atomic mass is 10.1. The molecule has 1 aromatic rings. The van der Waals surface area contributed by atoms with E-state index in [2.05, 4.69) is 37.9 Å². The van der Waals surface area contributed by atoms with E-state index in [9.17, 15) is 0 Å². The maximum atomic E-state index is 5.69. The molecule has 0 radical (unpaired) electrons. The molecule has 1 atom stereocenters. The fraction of sp³-hybridized carbons (Fsp3) is 0.455. The van der Waals surface area contributed by atoms with Gasteiger partial charge >= 0.3 is 0 Å². The number of alkyl halides is 1. The molecular weight excluding hydrogens is 308 g/mol. The number of hydrogen-bond donors (Lipinski definition) is 0. The normalized spacial score (nSPS) is 17.9. The van der Waals surface area contributed by atoms with Crippen LogP contribution in [0, 0.1) is 0 Å². The van der Waals surface area contributed by atoms with E-state index in [1.54, 1.807) is 0 Å². The average Bonchev–Trinajstić information content (AvgIpc) is 2.65. The Hall–Kier alpha value is -0.0200. The van der Waals surface area contributed by atoms with E-state index in [-0.39, 0.29) is 0 Å². The Balaban J connectivity index is 0.000000461. The molecule has 2 rings (SSSR count). The Labute approximate surface area is 102 Å². The summed E-state index contributed by atoms with van der Waals surface area (Å²) < 4.78 is 6.75. The third-order valence-electron chi connectivity index (χ3n) is 1.95. The molecule has 3 heteroatoms. The third kappa shape index (κ3) is 2.51. The molecule has 0 aliphatic carbocycles. The van der Waals surface area contributed by atoms with Crippen LogP contribution < -0.4 is 4.74 Å². The van der Waals surface area contributed by atoms with Crippen molar-refractivity contribution in [2.75, 3.05) is 5.33 Å². The van der Waals surface area contributed by atoms with Crippen LogP contribution in [0.2, 0.25) is 0 Å². The zero-order chi connectivity index (χ0) is 10.6. The lowest BCUT2D eigenvalue weighted by molar-refractivity contribution is 0.259. The number of para-hydroxylation sites is 1. The SMILES string of the molecule is BrC[C@H]1Cc2cccc(Br)c2O1.CC. The van der Waals surface area contributed by atoms with Crippen LogP contribution in [0.4, 0.5) is 0 Å². The summed E-state index contributed by atoms with van der Waals surface area (Å²) in [4.78, 5) is 0. The predicted octanol–water partition coefficient (Wildman–Crippen LogP) is 4.17. The highest BCUT2D eigenvalue weighted by molar-refractivity contribution is 9.10. The summed E-state index contributed by atoms with van der Waals surface area (Å²) in [5.41, 5.74) is 1.30. The minimum Gasteiger partial charge on any atom is -0.488 e. The van der Waals surface area contributed by atoms with Crippen molar-refractivity contribution < 1.29 is 4.74 Å². The van der Waals surface area contributed by atoms with E-state index in [4.69, 9.17) is 4.74 Å². The molecule has 0 spiro atoms. The molecule has 1 aliphatic rings. The van der Waals surface area contributed by atoms with Crippen LogP contribution in [0.5, 0.6) is 5.75 Å². The molecule has 1 nitrogen and oxygen atoms in total. The van der Waals surface area contributed by atoms with E-state index in [0.29, 0.717) is 6.10 Å². The Bertz CT molecular complexity index is 299. The van der Waals surface area contributed by atoms with E-state index in [1.807, 2.05) is 26.0 Å². The molecule has 14 heavy (non-hydrogen) atoms. The van der Waals surface area contributed by atoms with Crippen molar-refractivity contribution in [1.82, 2.24) is 0 Å². The first-order valence-electron chi connectivity index (χ1n) is 4.81. The maximum absolute atomic E-state index is 5.69.